The van der Waals surface area contributed by atoms with Crippen molar-refractivity contribution in [3.8, 4) is 17.2 Å². The molecule has 0 atom stereocenters. The minimum atomic E-state index is 0.548. The molecule has 0 unspecified atom stereocenters. The molecule has 4 nitrogen and oxygen atoms in total. The lowest BCUT2D eigenvalue weighted by Gasteiger charge is -2.08. The molecule has 2 N–H and O–H groups in total. The minimum absolute atomic E-state index is 0.548. The van der Waals surface area contributed by atoms with Crippen molar-refractivity contribution in [3.63, 3.8) is 0 Å². The van der Waals surface area contributed by atoms with Crippen molar-refractivity contribution in [2.45, 2.75) is 6.92 Å². The van der Waals surface area contributed by atoms with Crippen LogP contribution in [0.15, 0.2) is 48.5 Å². The smallest absolute Gasteiger partial charge is 0.127 e. The number of hydrogen-bond donors (Lipinski definition) is 1. The van der Waals surface area contributed by atoms with Crippen LogP contribution in [-0.4, -0.2) is 19.8 Å². The third-order valence-corrected chi connectivity index (χ3v) is 2.64. The second-order valence-corrected chi connectivity index (χ2v) is 4.19. The number of nitrogens with two attached hydrogens (primary N) is 1. The molecule has 2 aromatic rings. The molecule has 4 heteroatoms. The predicted molar refractivity (Wildman–Crippen MR) is 79.4 cm³/mol. The Bertz CT molecular complexity index is 508. The Hall–Kier alpha value is -2.20. The van der Waals surface area contributed by atoms with E-state index >= 15 is 0 Å². The van der Waals surface area contributed by atoms with E-state index in [0.717, 1.165) is 22.9 Å². The Morgan fingerprint density at radius 1 is 0.800 bits per heavy atom. The summed E-state index contributed by atoms with van der Waals surface area (Å²) in [7, 11) is 0. The maximum absolute atomic E-state index is 5.70. The number of ether oxygens (including phenoxy) is 3. The van der Waals surface area contributed by atoms with Crippen LogP contribution in [0.2, 0.25) is 0 Å². The second kappa shape index (κ2) is 7.40. The summed E-state index contributed by atoms with van der Waals surface area (Å²) in [5.41, 5.74) is 6.34. The van der Waals surface area contributed by atoms with Crippen LogP contribution in [-0.2, 0) is 4.74 Å². The van der Waals surface area contributed by atoms with Gasteiger partial charge in [-0.15, -0.1) is 0 Å². The van der Waals surface area contributed by atoms with Gasteiger partial charge in [0.1, 0.15) is 23.9 Å². The molecule has 2 rings (SSSR count). The molecule has 0 aliphatic heterocycles. The van der Waals surface area contributed by atoms with Gasteiger partial charge in [0.25, 0.3) is 0 Å². The highest BCUT2D eigenvalue weighted by atomic mass is 16.5. The van der Waals surface area contributed by atoms with E-state index in [9.17, 15) is 0 Å². The van der Waals surface area contributed by atoms with E-state index in [-0.39, 0.29) is 0 Å². The van der Waals surface area contributed by atoms with Crippen LogP contribution in [0.25, 0.3) is 0 Å². The van der Waals surface area contributed by atoms with E-state index in [1.807, 2.05) is 43.3 Å². The van der Waals surface area contributed by atoms with Crippen LogP contribution in [0.4, 0.5) is 5.69 Å². The Morgan fingerprint density at radius 2 is 1.35 bits per heavy atom. The second-order valence-electron chi connectivity index (χ2n) is 4.19. The zero-order valence-electron chi connectivity index (χ0n) is 11.5. The summed E-state index contributed by atoms with van der Waals surface area (Å²) in [6, 6.07) is 14.8. The van der Waals surface area contributed by atoms with Gasteiger partial charge in [-0.1, -0.05) is 0 Å². The van der Waals surface area contributed by atoms with Gasteiger partial charge in [0.2, 0.25) is 0 Å². The highest BCUT2D eigenvalue weighted by molar-refractivity contribution is 5.43. The first-order chi connectivity index (χ1) is 9.78. The molecule has 0 aromatic heterocycles. The van der Waals surface area contributed by atoms with Gasteiger partial charge in [-0.3, -0.25) is 0 Å². The molecule has 2 aromatic carbocycles. The van der Waals surface area contributed by atoms with E-state index in [0.29, 0.717) is 19.8 Å². The van der Waals surface area contributed by atoms with E-state index in [1.54, 1.807) is 12.1 Å². The quantitative estimate of drug-likeness (QED) is 0.620. The maximum atomic E-state index is 5.70. The fourth-order valence-electron chi connectivity index (χ4n) is 1.64. The average Bonchev–Trinajstić information content (AvgIpc) is 2.48. The third-order valence-electron chi connectivity index (χ3n) is 2.64. The van der Waals surface area contributed by atoms with Gasteiger partial charge in [-0.25, -0.2) is 0 Å². The van der Waals surface area contributed by atoms with Gasteiger partial charge >= 0.3 is 0 Å². The van der Waals surface area contributed by atoms with Gasteiger partial charge in [0.15, 0.2) is 0 Å². The van der Waals surface area contributed by atoms with Gasteiger partial charge in [0.05, 0.1) is 6.61 Å². The summed E-state index contributed by atoms with van der Waals surface area (Å²) in [5, 5.41) is 0. The molecule has 0 heterocycles. The van der Waals surface area contributed by atoms with Crippen molar-refractivity contribution in [1.82, 2.24) is 0 Å². The molecule has 0 saturated heterocycles. The van der Waals surface area contributed by atoms with E-state index < -0.39 is 0 Å². The lowest BCUT2D eigenvalue weighted by Crippen LogP contribution is -2.06. The van der Waals surface area contributed by atoms with Crippen molar-refractivity contribution in [2.24, 2.45) is 0 Å². The Kier molecular flexibility index (Phi) is 5.26. The largest absolute Gasteiger partial charge is 0.491 e. The molecule has 0 saturated carbocycles. The summed E-state index contributed by atoms with van der Waals surface area (Å²) in [6.07, 6.45) is 0. The zero-order valence-corrected chi connectivity index (χ0v) is 11.5. The molecule has 0 bridgehead atoms. The monoisotopic (exact) mass is 273 g/mol. The molecular formula is C16H19NO3. The normalized spacial score (nSPS) is 10.2. The number of benzene rings is 2. The SMILES string of the molecule is CCOCCOc1ccc(Oc2ccc(N)cc2)cc1. The van der Waals surface area contributed by atoms with Crippen LogP contribution < -0.4 is 15.2 Å². The highest BCUT2D eigenvalue weighted by Crippen LogP contribution is 2.24. The first-order valence-corrected chi connectivity index (χ1v) is 6.62. The molecule has 0 aliphatic carbocycles. The lowest BCUT2D eigenvalue weighted by atomic mass is 10.3. The van der Waals surface area contributed by atoms with Gasteiger partial charge in [0, 0.05) is 12.3 Å². The topological polar surface area (TPSA) is 53.7 Å². The summed E-state index contributed by atoms with van der Waals surface area (Å²) in [4.78, 5) is 0. The number of nitrogen functional groups attached to an aromatic ring is 1. The maximum Gasteiger partial charge on any atom is 0.127 e. The van der Waals surface area contributed by atoms with Crippen molar-refractivity contribution < 1.29 is 14.2 Å². The molecule has 0 fully saturated rings. The number of rotatable bonds is 7. The fraction of sp³-hybridized carbons (Fsp3) is 0.250. The number of hydrogen-bond acceptors (Lipinski definition) is 4. The summed E-state index contributed by atoms with van der Waals surface area (Å²) < 4.78 is 16.4. The Balaban J connectivity index is 1.86. The van der Waals surface area contributed by atoms with Gasteiger partial charge < -0.3 is 19.9 Å². The summed E-state index contributed by atoms with van der Waals surface area (Å²) >= 11 is 0. The van der Waals surface area contributed by atoms with Crippen LogP contribution in [0.1, 0.15) is 6.92 Å². The van der Waals surface area contributed by atoms with Crippen LogP contribution in [0.3, 0.4) is 0 Å². The highest BCUT2D eigenvalue weighted by Gasteiger charge is 1.99. The third kappa shape index (κ3) is 4.48. The lowest BCUT2D eigenvalue weighted by molar-refractivity contribution is 0.110. The predicted octanol–water partition coefficient (Wildman–Crippen LogP) is 3.48. The average molecular weight is 273 g/mol. The molecule has 0 amide bonds. The number of anilines is 1. The fourth-order valence-corrected chi connectivity index (χ4v) is 1.64. The standard InChI is InChI=1S/C16H19NO3/c1-2-18-11-12-19-14-7-9-16(10-8-14)20-15-5-3-13(17)4-6-15/h3-10H,2,11-12,17H2,1H3. The zero-order chi connectivity index (χ0) is 14.2. The van der Waals surface area contributed by atoms with Crippen molar-refractivity contribution in [2.75, 3.05) is 25.6 Å². The Labute approximate surface area is 119 Å². The summed E-state index contributed by atoms with van der Waals surface area (Å²) in [5.74, 6) is 2.31. The van der Waals surface area contributed by atoms with E-state index in [2.05, 4.69) is 0 Å². The molecule has 0 aliphatic rings. The van der Waals surface area contributed by atoms with Gasteiger partial charge in [-0.05, 0) is 55.5 Å². The van der Waals surface area contributed by atoms with Crippen LogP contribution in [0.5, 0.6) is 17.2 Å². The molecule has 20 heavy (non-hydrogen) atoms. The minimum Gasteiger partial charge on any atom is -0.491 e. The van der Waals surface area contributed by atoms with E-state index in [1.165, 1.54) is 0 Å². The van der Waals surface area contributed by atoms with Crippen LogP contribution >= 0.6 is 0 Å². The van der Waals surface area contributed by atoms with Crippen molar-refractivity contribution in [1.29, 1.82) is 0 Å². The van der Waals surface area contributed by atoms with Crippen LogP contribution in [0, 0.1) is 0 Å². The van der Waals surface area contributed by atoms with Crippen molar-refractivity contribution >= 4 is 5.69 Å². The molecule has 106 valence electrons. The van der Waals surface area contributed by atoms with Gasteiger partial charge in [-0.2, -0.15) is 0 Å². The van der Waals surface area contributed by atoms with Crippen molar-refractivity contribution in [3.05, 3.63) is 48.5 Å². The Morgan fingerprint density at radius 3 is 1.95 bits per heavy atom. The first-order valence-electron chi connectivity index (χ1n) is 6.62. The van der Waals surface area contributed by atoms with E-state index in [4.69, 9.17) is 19.9 Å². The molecule has 0 radical (unpaired) electrons. The summed E-state index contributed by atoms with van der Waals surface area (Å²) in [6.45, 7) is 3.81. The first kappa shape index (κ1) is 14.2. The molecular weight excluding hydrogens is 254 g/mol. The molecule has 0 spiro atoms.